The third-order valence-corrected chi connectivity index (χ3v) is 3.60. The molecule has 1 aliphatic carbocycles. The van der Waals surface area contributed by atoms with Crippen LogP contribution < -0.4 is 0 Å². The van der Waals surface area contributed by atoms with Gasteiger partial charge in [-0.15, -0.1) is 0 Å². The zero-order valence-electron chi connectivity index (χ0n) is 11.4. The molecule has 0 atom stereocenters. The first-order chi connectivity index (χ1) is 10.8. The number of fused-ring (bicyclic) bond motifs is 2. The highest BCUT2D eigenvalue weighted by atomic mass is 16.4. The number of phenols is 1. The van der Waals surface area contributed by atoms with Crippen LogP contribution in [0.4, 0.5) is 0 Å². The van der Waals surface area contributed by atoms with Crippen LogP contribution in [0.25, 0.3) is 0 Å². The average molecular weight is 312 g/mol. The number of aromatic hydroxyl groups is 1. The molecule has 0 unspecified atom stereocenters. The summed E-state index contributed by atoms with van der Waals surface area (Å²) < 4.78 is 0. The van der Waals surface area contributed by atoms with Crippen LogP contribution in [0.5, 0.6) is 5.75 Å². The van der Waals surface area contributed by atoms with Crippen LogP contribution in [0.15, 0.2) is 30.3 Å². The van der Waals surface area contributed by atoms with E-state index in [1.165, 1.54) is 12.1 Å². The van der Waals surface area contributed by atoms with Crippen molar-refractivity contribution in [2.75, 3.05) is 0 Å². The van der Waals surface area contributed by atoms with Gasteiger partial charge in [0, 0.05) is 22.3 Å². The van der Waals surface area contributed by atoms with Gasteiger partial charge in [-0.3, -0.25) is 9.59 Å². The van der Waals surface area contributed by atoms with Crippen LogP contribution in [-0.2, 0) is 0 Å². The number of ketones is 2. The number of phenolic OH excluding ortho intramolecular Hbond substituents is 1. The third kappa shape index (κ3) is 2.06. The fourth-order valence-electron chi connectivity index (χ4n) is 2.54. The van der Waals surface area contributed by atoms with Gasteiger partial charge in [0.1, 0.15) is 5.75 Å². The van der Waals surface area contributed by atoms with Crippen molar-refractivity contribution in [1.29, 1.82) is 0 Å². The summed E-state index contributed by atoms with van der Waals surface area (Å²) in [5, 5.41) is 27.7. The lowest BCUT2D eigenvalue weighted by molar-refractivity contribution is 0.0651. The average Bonchev–Trinajstić information content (AvgIpc) is 2.51. The molecule has 7 nitrogen and oxygen atoms in total. The Kier molecular flexibility index (Phi) is 3.00. The molecule has 0 amide bonds. The number of benzene rings is 2. The first kappa shape index (κ1) is 14.5. The van der Waals surface area contributed by atoms with Crippen LogP contribution in [0.3, 0.4) is 0 Å². The molecule has 3 N–H and O–H groups in total. The summed E-state index contributed by atoms with van der Waals surface area (Å²) in [6.07, 6.45) is 0. The van der Waals surface area contributed by atoms with Gasteiger partial charge in [-0.05, 0) is 30.3 Å². The number of aromatic carboxylic acids is 2. The van der Waals surface area contributed by atoms with Gasteiger partial charge >= 0.3 is 11.9 Å². The van der Waals surface area contributed by atoms with Crippen molar-refractivity contribution in [2.45, 2.75) is 0 Å². The molecule has 0 bridgehead atoms. The maximum absolute atomic E-state index is 12.5. The molecule has 2 aromatic rings. The SMILES string of the molecule is O=C(O)c1cc2c(cc1C(=O)O)C(=O)c1cc(O)ccc1C2=O. The van der Waals surface area contributed by atoms with Crippen LogP contribution in [0.2, 0.25) is 0 Å². The first-order valence-corrected chi connectivity index (χ1v) is 6.38. The van der Waals surface area contributed by atoms with Crippen molar-refractivity contribution in [2.24, 2.45) is 0 Å². The van der Waals surface area contributed by atoms with E-state index < -0.39 is 34.6 Å². The number of carboxylic acid groups (broad SMARTS) is 2. The number of carbonyl (C=O) groups is 4. The Morgan fingerprint density at radius 1 is 0.696 bits per heavy atom. The summed E-state index contributed by atoms with van der Waals surface area (Å²) in [7, 11) is 0. The van der Waals surface area contributed by atoms with Crippen molar-refractivity contribution in [3.63, 3.8) is 0 Å². The minimum Gasteiger partial charge on any atom is -0.508 e. The van der Waals surface area contributed by atoms with E-state index in [4.69, 9.17) is 10.2 Å². The molecular formula is C16H8O7. The van der Waals surface area contributed by atoms with E-state index in [0.717, 1.165) is 18.2 Å². The molecular weight excluding hydrogens is 304 g/mol. The fourth-order valence-corrected chi connectivity index (χ4v) is 2.54. The number of hydrogen-bond donors (Lipinski definition) is 3. The van der Waals surface area contributed by atoms with E-state index in [2.05, 4.69) is 0 Å². The van der Waals surface area contributed by atoms with Gasteiger partial charge in [0.2, 0.25) is 0 Å². The third-order valence-electron chi connectivity index (χ3n) is 3.60. The number of carboxylic acids is 2. The fraction of sp³-hybridized carbons (Fsp3) is 0. The van der Waals surface area contributed by atoms with Crippen LogP contribution >= 0.6 is 0 Å². The smallest absolute Gasteiger partial charge is 0.336 e. The van der Waals surface area contributed by atoms with Crippen molar-refractivity contribution in [1.82, 2.24) is 0 Å². The molecule has 7 heteroatoms. The lowest BCUT2D eigenvalue weighted by atomic mass is 9.82. The van der Waals surface area contributed by atoms with Gasteiger partial charge in [-0.2, -0.15) is 0 Å². The normalized spacial score (nSPS) is 12.5. The van der Waals surface area contributed by atoms with E-state index in [1.54, 1.807) is 0 Å². The lowest BCUT2D eigenvalue weighted by Gasteiger charge is -2.18. The Hall–Kier alpha value is -3.48. The van der Waals surface area contributed by atoms with Gasteiger partial charge in [0.15, 0.2) is 11.6 Å². The van der Waals surface area contributed by atoms with E-state index >= 15 is 0 Å². The van der Waals surface area contributed by atoms with Gasteiger partial charge in [0.25, 0.3) is 0 Å². The Balaban J connectivity index is 2.33. The van der Waals surface area contributed by atoms with Crippen LogP contribution in [0, 0.1) is 0 Å². The Bertz CT molecular complexity index is 924. The molecule has 0 radical (unpaired) electrons. The summed E-state index contributed by atoms with van der Waals surface area (Å²) in [4.78, 5) is 47.3. The van der Waals surface area contributed by atoms with Gasteiger partial charge in [0.05, 0.1) is 11.1 Å². The Morgan fingerprint density at radius 3 is 1.61 bits per heavy atom. The molecule has 3 rings (SSSR count). The van der Waals surface area contributed by atoms with Gasteiger partial charge < -0.3 is 15.3 Å². The highest BCUT2D eigenvalue weighted by Gasteiger charge is 2.33. The number of rotatable bonds is 2. The molecule has 0 fully saturated rings. The molecule has 0 saturated heterocycles. The second-order valence-electron chi connectivity index (χ2n) is 4.94. The minimum atomic E-state index is -1.52. The summed E-state index contributed by atoms with van der Waals surface area (Å²) in [5.74, 6) is -4.50. The van der Waals surface area contributed by atoms with Gasteiger partial charge in [-0.25, -0.2) is 9.59 Å². The monoisotopic (exact) mass is 312 g/mol. The first-order valence-electron chi connectivity index (χ1n) is 6.38. The van der Waals surface area contributed by atoms with Crippen molar-refractivity contribution in [3.05, 3.63) is 63.7 Å². The number of hydrogen-bond acceptors (Lipinski definition) is 5. The predicted molar refractivity (Wildman–Crippen MR) is 75.3 cm³/mol. The van der Waals surface area contributed by atoms with E-state index in [9.17, 15) is 24.3 Å². The molecule has 23 heavy (non-hydrogen) atoms. The molecule has 114 valence electrons. The molecule has 0 aliphatic heterocycles. The van der Waals surface area contributed by atoms with E-state index in [0.29, 0.717) is 0 Å². The predicted octanol–water partition coefficient (Wildman–Crippen LogP) is 1.56. The van der Waals surface area contributed by atoms with Crippen molar-refractivity contribution in [3.8, 4) is 5.75 Å². The molecule has 1 aliphatic rings. The molecule has 0 aromatic heterocycles. The largest absolute Gasteiger partial charge is 0.508 e. The highest BCUT2D eigenvalue weighted by molar-refractivity contribution is 6.29. The molecule has 0 saturated carbocycles. The second kappa shape index (κ2) is 4.77. The van der Waals surface area contributed by atoms with Crippen molar-refractivity contribution < 1.29 is 34.5 Å². The number of carbonyl (C=O) groups excluding carboxylic acids is 2. The zero-order chi connectivity index (χ0) is 16.9. The molecule has 0 spiro atoms. The Morgan fingerprint density at radius 2 is 1.13 bits per heavy atom. The summed E-state index contributed by atoms with van der Waals surface area (Å²) in [6, 6.07) is 5.40. The van der Waals surface area contributed by atoms with Crippen LogP contribution in [-0.4, -0.2) is 38.8 Å². The molecule has 0 heterocycles. The topological polar surface area (TPSA) is 129 Å². The highest BCUT2D eigenvalue weighted by Crippen LogP contribution is 2.31. The maximum Gasteiger partial charge on any atom is 0.336 e. The summed E-state index contributed by atoms with van der Waals surface area (Å²) in [6.45, 7) is 0. The standard InChI is InChI=1S/C16H8O7/c17-6-1-2-7-8(3-6)14(19)10-5-12(16(22)23)11(15(20)21)4-9(10)13(7)18/h1-5,17H,(H,20,21)(H,22,23). The quantitative estimate of drug-likeness (QED) is 0.654. The van der Waals surface area contributed by atoms with E-state index in [-0.39, 0.29) is 28.0 Å². The second-order valence-corrected chi connectivity index (χ2v) is 4.94. The summed E-state index contributed by atoms with van der Waals surface area (Å²) in [5.41, 5.74) is -1.55. The van der Waals surface area contributed by atoms with E-state index in [1.807, 2.05) is 0 Å². The Labute approximate surface area is 128 Å². The van der Waals surface area contributed by atoms with Gasteiger partial charge in [-0.1, -0.05) is 0 Å². The zero-order valence-corrected chi connectivity index (χ0v) is 11.4. The minimum absolute atomic E-state index is 0.0275. The maximum atomic E-state index is 12.5. The van der Waals surface area contributed by atoms with Crippen molar-refractivity contribution >= 4 is 23.5 Å². The summed E-state index contributed by atoms with van der Waals surface area (Å²) >= 11 is 0. The molecule has 2 aromatic carbocycles. The lowest BCUT2D eigenvalue weighted by Crippen LogP contribution is -2.23. The van der Waals surface area contributed by atoms with Crippen LogP contribution in [0.1, 0.15) is 52.6 Å².